The Morgan fingerprint density at radius 3 is 2.18 bits per heavy atom. The predicted octanol–water partition coefficient (Wildman–Crippen LogP) is 3.48. The van der Waals surface area contributed by atoms with Gasteiger partial charge >= 0.3 is 5.97 Å². The van der Waals surface area contributed by atoms with Crippen LogP contribution in [0.4, 0.5) is 5.69 Å². The largest absolute Gasteiger partial charge is 0.497 e. The van der Waals surface area contributed by atoms with Crippen molar-refractivity contribution in [2.45, 2.75) is 11.0 Å². The molecular weight excluding hydrogens is 444 g/mol. The maximum Gasteiger partial charge on any atom is 0.339 e. The lowest BCUT2D eigenvalue weighted by Crippen LogP contribution is -2.26. The third-order valence-electron chi connectivity index (χ3n) is 4.77. The Labute approximate surface area is 192 Å². The molecule has 9 heteroatoms. The van der Waals surface area contributed by atoms with Crippen LogP contribution in [0.3, 0.4) is 0 Å². The first kappa shape index (κ1) is 24.0. The number of carbonyl (C=O) groups is 2. The van der Waals surface area contributed by atoms with E-state index >= 15 is 0 Å². The van der Waals surface area contributed by atoms with Crippen LogP contribution in [0.1, 0.15) is 22.0 Å². The van der Waals surface area contributed by atoms with Gasteiger partial charge in [0.15, 0.2) is 0 Å². The number of amides is 1. The van der Waals surface area contributed by atoms with Gasteiger partial charge in [0.1, 0.15) is 5.75 Å². The Kier molecular flexibility index (Phi) is 7.47. The molecule has 0 heterocycles. The van der Waals surface area contributed by atoms with Gasteiger partial charge in [-0.1, -0.05) is 36.4 Å². The Balaban J connectivity index is 1.83. The number of carbonyl (C=O) groups excluding carboxylic acids is 2. The fourth-order valence-corrected chi connectivity index (χ4v) is 3.86. The highest BCUT2D eigenvalue weighted by Gasteiger charge is 2.26. The Morgan fingerprint density at radius 2 is 1.58 bits per heavy atom. The molecule has 0 aliphatic rings. The zero-order chi connectivity index (χ0) is 24.0. The van der Waals surface area contributed by atoms with Gasteiger partial charge in [-0.2, -0.15) is 0 Å². The van der Waals surface area contributed by atoms with E-state index in [0.29, 0.717) is 17.0 Å². The SMILES string of the molecule is COc1cccc(NC(=O)[C@@H](OC(=O)c2ccc(S(=O)(=O)N(C)C)cc2)c2ccccc2)c1. The van der Waals surface area contributed by atoms with E-state index in [2.05, 4.69) is 5.32 Å². The second kappa shape index (κ2) is 10.3. The Hall–Kier alpha value is -3.69. The van der Waals surface area contributed by atoms with E-state index in [0.717, 1.165) is 4.31 Å². The third kappa shape index (κ3) is 5.76. The van der Waals surface area contributed by atoms with Gasteiger partial charge in [0.2, 0.25) is 16.1 Å². The fourth-order valence-electron chi connectivity index (χ4n) is 2.96. The van der Waals surface area contributed by atoms with Crippen molar-refractivity contribution in [2.24, 2.45) is 0 Å². The van der Waals surface area contributed by atoms with E-state index in [1.807, 2.05) is 0 Å². The lowest BCUT2D eigenvalue weighted by molar-refractivity contribution is -0.125. The van der Waals surface area contributed by atoms with Crippen LogP contribution in [0.15, 0.2) is 83.8 Å². The van der Waals surface area contributed by atoms with Crippen LogP contribution < -0.4 is 10.1 Å². The highest BCUT2D eigenvalue weighted by atomic mass is 32.2. The van der Waals surface area contributed by atoms with E-state index < -0.39 is 28.0 Å². The summed E-state index contributed by atoms with van der Waals surface area (Å²) in [5.74, 6) is -0.748. The molecule has 0 unspecified atom stereocenters. The molecule has 0 saturated heterocycles. The van der Waals surface area contributed by atoms with Crippen LogP contribution in [0.5, 0.6) is 5.75 Å². The average Bonchev–Trinajstić information content (AvgIpc) is 2.83. The Bertz CT molecular complexity index is 1230. The number of nitrogens with zero attached hydrogens (tertiary/aromatic N) is 1. The minimum atomic E-state index is -3.63. The molecule has 33 heavy (non-hydrogen) atoms. The topological polar surface area (TPSA) is 102 Å². The normalized spacial score (nSPS) is 12.1. The van der Waals surface area contributed by atoms with Crippen LogP contribution in [-0.4, -0.2) is 45.8 Å². The van der Waals surface area contributed by atoms with Gasteiger partial charge in [-0.3, -0.25) is 4.79 Å². The molecule has 0 fully saturated rings. The van der Waals surface area contributed by atoms with Crippen molar-refractivity contribution in [3.8, 4) is 5.75 Å². The monoisotopic (exact) mass is 468 g/mol. The maximum absolute atomic E-state index is 13.0. The van der Waals surface area contributed by atoms with E-state index in [-0.39, 0.29) is 10.5 Å². The molecular formula is C24H24N2O6S. The number of methoxy groups -OCH3 is 1. The van der Waals surface area contributed by atoms with Crippen molar-refractivity contribution in [1.82, 2.24) is 4.31 Å². The quantitative estimate of drug-likeness (QED) is 0.508. The number of ether oxygens (including phenoxy) is 2. The van der Waals surface area contributed by atoms with Gasteiger partial charge in [-0.05, 0) is 36.4 Å². The number of rotatable bonds is 8. The van der Waals surface area contributed by atoms with Crippen molar-refractivity contribution in [2.75, 3.05) is 26.5 Å². The summed E-state index contributed by atoms with van der Waals surface area (Å²) < 4.78 is 36.3. The number of benzene rings is 3. The molecule has 3 aromatic rings. The van der Waals surface area contributed by atoms with Crippen LogP contribution in [0, 0.1) is 0 Å². The standard InChI is InChI=1S/C24H24N2O6S/c1-26(2)33(29,30)21-14-12-18(13-15-21)24(28)32-22(17-8-5-4-6-9-17)23(27)25-19-10-7-11-20(16-19)31-3/h4-16,22H,1-3H3,(H,25,27)/t22-/m0/s1. The second-order valence-corrected chi connectivity index (χ2v) is 9.38. The number of anilines is 1. The molecule has 1 N–H and O–H groups in total. The van der Waals surface area contributed by atoms with Gasteiger partial charge in [-0.15, -0.1) is 0 Å². The summed E-state index contributed by atoms with van der Waals surface area (Å²) in [5.41, 5.74) is 1.08. The zero-order valence-electron chi connectivity index (χ0n) is 18.4. The van der Waals surface area contributed by atoms with Gasteiger partial charge in [-0.25, -0.2) is 17.5 Å². The molecule has 1 atom stereocenters. The van der Waals surface area contributed by atoms with Crippen LogP contribution in [-0.2, 0) is 19.6 Å². The molecule has 0 bridgehead atoms. The van der Waals surface area contributed by atoms with Crippen LogP contribution in [0.25, 0.3) is 0 Å². The van der Waals surface area contributed by atoms with Crippen LogP contribution in [0.2, 0.25) is 0 Å². The molecule has 0 saturated carbocycles. The highest BCUT2D eigenvalue weighted by molar-refractivity contribution is 7.89. The van der Waals surface area contributed by atoms with Crippen LogP contribution >= 0.6 is 0 Å². The lowest BCUT2D eigenvalue weighted by atomic mass is 10.1. The number of sulfonamides is 1. The van der Waals surface area contributed by atoms with E-state index in [4.69, 9.17) is 9.47 Å². The summed E-state index contributed by atoms with van der Waals surface area (Å²) in [6, 6.07) is 20.7. The number of hydrogen-bond donors (Lipinski definition) is 1. The van der Waals surface area contributed by atoms with Crippen molar-refractivity contribution in [3.05, 3.63) is 90.0 Å². The molecule has 0 spiro atoms. The highest BCUT2D eigenvalue weighted by Crippen LogP contribution is 2.24. The molecule has 0 aliphatic heterocycles. The first-order valence-electron chi connectivity index (χ1n) is 9.96. The molecule has 3 aromatic carbocycles. The van der Waals surface area contributed by atoms with Gasteiger partial charge in [0, 0.05) is 31.4 Å². The molecule has 0 aliphatic carbocycles. The van der Waals surface area contributed by atoms with Crippen molar-refractivity contribution in [1.29, 1.82) is 0 Å². The first-order valence-corrected chi connectivity index (χ1v) is 11.4. The predicted molar refractivity (Wildman–Crippen MR) is 124 cm³/mol. The van der Waals surface area contributed by atoms with Crippen molar-refractivity contribution in [3.63, 3.8) is 0 Å². The number of hydrogen-bond acceptors (Lipinski definition) is 6. The van der Waals surface area contributed by atoms with E-state index in [9.17, 15) is 18.0 Å². The average molecular weight is 469 g/mol. The number of nitrogens with one attached hydrogen (secondary N) is 1. The minimum Gasteiger partial charge on any atom is -0.497 e. The summed E-state index contributed by atoms with van der Waals surface area (Å²) in [6.07, 6.45) is -1.23. The van der Waals surface area contributed by atoms with Crippen molar-refractivity contribution >= 4 is 27.6 Å². The zero-order valence-corrected chi connectivity index (χ0v) is 19.2. The van der Waals surface area contributed by atoms with Crippen molar-refractivity contribution < 1.29 is 27.5 Å². The van der Waals surface area contributed by atoms with Gasteiger partial charge in [0.25, 0.3) is 5.91 Å². The second-order valence-electron chi connectivity index (χ2n) is 7.23. The fraction of sp³-hybridized carbons (Fsp3) is 0.167. The van der Waals surface area contributed by atoms with E-state index in [1.54, 1.807) is 54.6 Å². The van der Waals surface area contributed by atoms with Gasteiger partial charge in [0.05, 0.1) is 17.6 Å². The summed E-state index contributed by atoms with van der Waals surface area (Å²) in [5, 5.41) is 2.73. The lowest BCUT2D eigenvalue weighted by Gasteiger charge is -2.18. The summed E-state index contributed by atoms with van der Waals surface area (Å²) >= 11 is 0. The first-order chi connectivity index (χ1) is 15.7. The minimum absolute atomic E-state index is 0.0411. The molecule has 3 rings (SSSR count). The molecule has 8 nitrogen and oxygen atoms in total. The smallest absolute Gasteiger partial charge is 0.339 e. The maximum atomic E-state index is 13.0. The third-order valence-corrected chi connectivity index (χ3v) is 6.60. The summed E-state index contributed by atoms with van der Waals surface area (Å²) in [7, 11) is 0.725. The summed E-state index contributed by atoms with van der Waals surface area (Å²) in [6.45, 7) is 0. The van der Waals surface area contributed by atoms with Gasteiger partial charge < -0.3 is 14.8 Å². The Morgan fingerprint density at radius 1 is 0.909 bits per heavy atom. The molecule has 0 radical (unpaired) electrons. The van der Waals surface area contributed by atoms with E-state index in [1.165, 1.54) is 45.5 Å². The molecule has 1 amide bonds. The summed E-state index contributed by atoms with van der Waals surface area (Å²) in [4.78, 5) is 25.9. The molecule has 0 aromatic heterocycles. The molecule has 172 valence electrons. The number of esters is 1.